The van der Waals surface area contributed by atoms with Gasteiger partial charge in [-0.3, -0.25) is 4.79 Å². The van der Waals surface area contributed by atoms with Crippen LogP contribution in [0.25, 0.3) is 11.0 Å². The van der Waals surface area contributed by atoms with E-state index >= 15 is 0 Å². The summed E-state index contributed by atoms with van der Waals surface area (Å²) in [6.07, 6.45) is 2.79. The molecule has 0 spiro atoms. The molecule has 98 valence electrons. The minimum atomic E-state index is -0.546. The van der Waals surface area contributed by atoms with Crippen LogP contribution in [0.4, 0.5) is 5.69 Å². The van der Waals surface area contributed by atoms with Crippen molar-refractivity contribution in [3.05, 3.63) is 39.7 Å². The van der Waals surface area contributed by atoms with Gasteiger partial charge in [0, 0.05) is 18.5 Å². The minimum absolute atomic E-state index is 0.137. The van der Waals surface area contributed by atoms with E-state index in [0.717, 1.165) is 42.6 Å². The number of anilines is 1. The molecule has 0 radical (unpaired) electrons. The van der Waals surface area contributed by atoms with E-state index in [1.54, 1.807) is 0 Å². The number of nitrogens with zero attached hydrogens (tertiary/aromatic N) is 1. The van der Waals surface area contributed by atoms with Gasteiger partial charge in [0.15, 0.2) is 6.29 Å². The van der Waals surface area contributed by atoms with E-state index in [4.69, 9.17) is 4.42 Å². The second-order valence-electron chi connectivity index (χ2n) is 4.96. The summed E-state index contributed by atoms with van der Waals surface area (Å²) < 4.78 is 5.25. The van der Waals surface area contributed by atoms with Crippen LogP contribution in [-0.4, -0.2) is 19.4 Å². The maximum absolute atomic E-state index is 11.9. The number of rotatable bonds is 2. The lowest BCUT2D eigenvalue weighted by Crippen LogP contribution is -2.23. The van der Waals surface area contributed by atoms with Gasteiger partial charge < -0.3 is 9.32 Å². The van der Waals surface area contributed by atoms with Gasteiger partial charge in [-0.2, -0.15) is 0 Å². The fourth-order valence-corrected chi connectivity index (χ4v) is 2.69. The zero-order chi connectivity index (χ0) is 13.4. The molecule has 0 aliphatic carbocycles. The molecule has 1 fully saturated rings. The molecule has 1 aliphatic heterocycles. The van der Waals surface area contributed by atoms with Gasteiger partial charge in [-0.05, 0) is 37.5 Å². The summed E-state index contributed by atoms with van der Waals surface area (Å²) in [6, 6.07) is 5.73. The van der Waals surface area contributed by atoms with Crippen LogP contribution in [0.5, 0.6) is 0 Å². The fraction of sp³-hybridized carbons (Fsp3) is 0.333. The van der Waals surface area contributed by atoms with Crippen molar-refractivity contribution in [2.75, 3.05) is 18.0 Å². The molecule has 0 N–H and O–H groups in total. The van der Waals surface area contributed by atoms with Gasteiger partial charge in [0.25, 0.3) is 0 Å². The molecule has 0 atom stereocenters. The van der Waals surface area contributed by atoms with Crippen LogP contribution in [0.2, 0.25) is 0 Å². The van der Waals surface area contributed by atoms with Crippen LogP contribution >= 0.6 is 0 Å². The van der Waals surface area contributed by atoms with Gasteiger partial charge in [-0.15, -0.1) is 0 Å². The molecular weight excluding hydrogens is 242 g/mol. The van der Waals surface area contributed by atoms with Gasteiger partial charge in [0.2, 0.25) is 0 Å². The molecule has 4 nitrogen and oxygen atoms in total. The number of aryl methyl sites for hydroxylation is 1. The third-order valence-corrected chi connectivity index (χ3v) is 3.61. The van der Waals surface area contributed by atoms with Crippen LogP contribution in [0.3, 0.4) is 0 Å². The standard InChI is InChI=1S/C15H15NO3/c1-10-4-5-11-13(8-10)19-15(18)12(9-17)14(11)16-6-2-3-7-16/h4-5,8-9H,2-3,6-7H2,1H3. The van der Waals surface area contributed by atoms with Crippen molar-refractivity contribution in [1.82, 2.24) is 0 Å². The molecule has 2 heterocycles. The number of benzene rings is 1. The van der Waals surface area contributed by atoms with E-state index < -0.39 is 5.63 Å². The van der Waals surface area contributed by atoms with Crippen LogP contribution in [0.15, 0.2) is 27.4 Å². The molecule has 19 heavy (non-hydrogen) atoms. The average molecular weight is 257 g/mol. The van der Waals surface area contributed by atoms with E-state index in [9.17, 15) is 9.59 Å². The van der Waals surface area contributed by atoms with Gasteiger partial charge in [0.1, 0.15) is 11.1 Å². The first kappa shape index (κ1) is 12.0. The van der Waals surface area contributed by atoms with Crippen molar-refractivity contribution in [2.45, 2.75) is 19.8 Å². The molecule has 0 saturated carbocycles. The van der Waals surface area contributed by atoms with E-state index in [2.05, 4.69) is 4.90 Å². The van der Waals surface area contributed by atoms with Crippen LogP contribution in [0, 0.1) is 6.92 Å². The summed E-state index contributed by atoms with van der Waals surface area (Å²) in [4.78, 5) is 25.3. The highest BCUT2D eigenvalue weighted by Crippen LogP contribution is 2.31. The normalized spacial score (nSPS) is 15.1. The first-order chi connectivity index (χ1) is 9.20. The van der Waals surface area contributed by atoms with Crippen molar-refractivity contribution in [2.24, 2.45) is 0 Å². The SMILES string of the molecule is Cc1ccc2c(N3CCCC3)c(C=O)c(=O)oc2c1. The van der Waals surface area contributed by atoms with Crippen LogP contribution in [-0.2, 0) is 0 Å². The lowest BCUT2D eigenvalue weighted by Gasteiger charge is -2.20. The minimum Gasteiger partial charge on any atom is -0.422 e. The fourth-order valence-electron chi connectivity index (χ4n) is 2.69. The Morgan fingerprint density at radius 1 is 1.26 bits per heavy atom. The molecule has 3 rings (SSSR count). The van der Waals surface area contributed by atoms with Crippen LogP contribution in [0.1, 0.15) is 28.8 Å². The van der Waals surface area contributed by atoms with Crippen molar-refractivity contribution in [3.63, 3.8) is 0 Å². The summed E-state index contributed by atoms with van der Waals surface area (Å²) in [7, 11) is 0. The largest absolute Gasteiger partial charge is 0.422 e. The smallest absolute Gasteiger partial charge is 0.349 e. The molecule has 0 bridgehead atoms. The predicted molar refractivity (Wildman–Crippen MR) is 74.1 cm³/mol. The number of aldehydes is 1. The maximum Gasteiger partial charge on any atom is 0.349 e. The summed E-state index contributed by atoms with van der Waals surface area (Å²) in [6.45, 7) is 3.71. The third kappa shape index (κ3) is 1.93. The second-order valence-corrected chi connectivity index (χ2v) is 4.96. The zero-order valence-electron chi connectivity index (χ0n) is 10.8. The molecule has 1 aromatic carbocycles. The molecule has 1 aromatic heterocycles. The van der Waals surface area contributed by atoms with Crippen molar-refractivity contribution in [1.29, 1.82) is 0 Å². The Morgan fingerprint density at radius 2 is 2.00 bits per heavy atom. The monoisotopic (exact) mass is 257 g/mol. The first-order valence-corrected chi connectivity index (χ1v) is 6.48. The first-order valence-electron chi connectivity index (χ1n) is 6.48. The van der Waals surface area contributed by atoms with E-state index in [0.29, 0.717) is 11.9 Å². The molecule has 0 unspecified atom stereocenters. The van der Waals surface area contributed by atoms with E-state index in [-0.39, 0.29) is 5.56 Å². The molecular formula is C15H15NO3. The zero-order valence-corrected chi connectivity index (χ0v) is 10.8. The highest BCUT2D eigenvalue weighted by Gasteiger charge is 2.22. The predicted octanol–water partition coefficient (Wildman–Crippen LogP) is 2.51. The Balaban J connectivity index is 2.36. The van der Waals surface area contributed by atoms with Gasteiger partial charge in [-0.25, -0.2) is 4.79 Å². The topological polar surface area (TPSA) is 50.5 Å². The Kier molecular flexibility index (Phi) is 2.85. The molecule has 2 aromatic rings. The van der Waals surface area contributed by atoms with Crippen molar-refractivity contribution in [3.8, 4) is 0 Å². The Labute approximate surface area is 110 Å². The summed E-state index contributed by atoms with van der Waals surface area (Å²) in [5, 5.41) is 0.842. The van der Waals surface area contributed by atoms with Gasteiger partial charge in [0.05, 0.1) is 5.69 Å². The number of hydrogen-bond acceptors (Lipinski definition) is 4. The highest BCUT2D eigenvalue weighted by molar-refractivity contribution is 5.99. The van der Waals surface area contributed by atoms with Crippen molar-refractivity contribution >= 4 is 22.9 Å². The number of carbonyl (C=O) groups excluding carboxylic acids is 1. The average Bonchev–Trinajstić information content (AvgIpc) is 2.90. The number of fused-ring (bicyclic) bond motifs is 1. The maximum atomic E-state index is 11.9. The Morgan fingerprint density at radius 3 is 2.68 bits per heavy atom. The quantitative estimate of drug-likeness (QED) is 0.612. The van der Waals surface area contributed by atoms with Gasteiger partial charge in [-0.1, -0.05) is 6.07 Å². The third-order valence-electron chi connectivity index (χ3n) is 3.61. The molecule has 0 amide bonds. The molecule has 1 aliphatic rings. The van der Waals surface area contributed by atoms with E-state index in [1.165, 1.54) is 0 Å². The summed E-state index contributed by atoms with van der Waals surface area (Å²) in [5.41, 5.74) is 1.91. The van der Waals surface area contributed by atoms with Crippen molar-refractivity contribution < 1.29 is 9.21 Å². The molecule has 4 heteroatoms. The highest BCUT2D eigenvalue weighted by atomic mass is 16.4. The number of carbonyl (C=O) groups is 1. The Bertz CT molecular complexity index is 696. The molecule has 1 saturated heterocycles. The van der Waals surface area contributed by atoms with E-state index in [1.807, 2.05) is 25.1 Å². The number of hydrogen-bond donors (Lipinski definition) is 0. The van der Waals surface area contributed by atoms with Crippen LogP contribution < -0.4 is 10.5 Å². The second kappa shape index (κ2) is 4.53. The summed E-state index contributed by atoms with van der Waals surface area (Å²) >= 11 is 0. The Hall–Kier alpha value is -2.10. The lowest BCUT2D eigenvalue weighted by molar-refractivity contribution is 0.112. The lowest BCUT2D eigenvalue weighted by atomic mass is 10.1. The summed E-state index contributed by atoms with van der Waals surface area (Å²) in [5.74, 6) is 0. The van der Waals surface area contributed by atoms with Gasteiger partial charge >= 0.3 is 5.63 Å².